The van der Waals surface area contributed by atoms with Gasteiger partial charge in [0.2, 0.25) is 5.91 Å². The first-order valence-electron chi connectivity index (χ1n) is 5.53. The Balaban J connectivity index is 2.34. The summed E-state index contributed by atoms with van der Waals surface area (Å²) in [6.07, 6.45) is 2.03. The van der Waals surface area contributed by atoms with Gasteiger partial charge in [-0.05, 0) is 25.5 Å². The highest BCUT2D eigenvalue weighted by Gasteiger charge is 2.07. The molecule has 0 bridgehead atoms. The topological polar surface area (TPSA) is 34.0 Å². The van der Waals surface area contributed by atoms with Crippen LogP contribution in [-0.2, 0) is 11.3 Å². The summed E-state index contributed by atoms with van der Waals surface area (Å²) in [4.78, 5) is 11.5. The second kappa shape index (κ2) is 4.39. The van der Waals surface area contributed by atoms with E-state index in [4.69, 9.17) is 0 Å². The van der Waals surface area contributed by atoms with Gasteiger partial charge in [-0.25, -0.2) is 0 Å². The van der Waals surface area contributed by atoms with E-state index >= 15 is 0 Å². The summed E-state index contributed by atoms with van der Waals surface area (Å²) < 4.78 is 2.00. The molecule has 0 aliphatic rings. The average molecular weight is 216 g/mol. The van der Waals surface area contributed by atoms with Crippen molar-refractivity contribution in [1.29, 1.82) is 0 Å². The number of nitrogens with one attached hydrogen (secondary N) is 1. The minimum absolute atomic E-state index is 0.0586. The molecule has 3 heteroatoms. The van der Waals surface area contributed by atoms with Gasteiger partial charge in [0.15, 0.2) is 0 Å². The van der Waals surface area contributed by atoms with Gasteiger partial charge in [0.05, 0.1) is 0 Å². The van der Waals surface area contributed by atoms with Crippen molar-refractivity contribution in [2.45, 2.75) is 20.4 Å². The zero-order valence-electron chi connectivity index (χ0n) is 9.66. The maximum absolute atomic E-state index is 11.5. The SMILES string of the molecule is CCNC(=O)Cn1cc(C)c2ccccc21. The van der Waals surface area contributed by atoms with Gasteiger partial charge in [-0.3, -0.25) is 4.79 Å². The van der Waals surface area contributed by atoms with E-state index in [1.807, 2.05) is 35.9 Å². The van der Waals surface area contributed by atoms with Gasteiger partial charge in [-0.1, -0.05) is 18.2 Å². The number of rotatable bonds is 3. The van der Waals surface area contributed by atoms with Crippen molar-refractivity contribution in [2.75, 3.05) is 6.54 Å². The molecule has 0 spiro atoms. The number of likely N-dealkylation sites (N-methyl/N-ethyl adjacent to an activating group) is 1. The van der Waals surface area contributed by atoms with Crippen molar-refractivity contribution < 1.29 is 4.79 Å². The number of para-hydroxylation sites is 1. The zero-order valence-corrected chi connectivity index (χ0v) is 9.66. The summed E-state index contributed by atoms with van der Waals surface area (Å²) in [5.74, 6) is 0.0586. The van der Waals surface area contributed by atoms with Crippen LogP contribution in [0.25, 0.3) is 10.9 Å². The Morgan fingerprint density at radius 1 is 1.38 bits per heavy atom. The number of hydrogen-bond donors (Lipinski definition) is 1. The Labute approximate surface area is 95.1 Å². The highest BCUT2D eigenvalue weighted by Crippen LogP contribution is 2.19. The lowest BCUT2D eigenvalue weighted by Gasteiger charge is -2.05. The molecule has 0 radical (unpaired) electrons. The molecule has 1 heterocycles. The Kier molecular flexibility index (Phi) is 2.95. The van der Waals surface area contributed by atoms with Crippen LogP contribution in [0.4, 0.5) is 0 Å². The molecule has 3 nitrogen and oxygen atoms in total. The van der Waals surface area contributed by atoms with Crippen molar-refractivity contribution in [2.24, 2.45) is 0 Å². The minimum Gasteiger partial charge on any atom is -0.355 e. The molecule has 0 saturated heterocycles. The molecule has 1 amide bonds. The third-order valence-corrected chi connectivity index (χ3v) is 2.68. The predicted octanol–water partition coefficient (Wildman–Crippen LogP) is 2.09. The fourth-order valence-corrected chi connectivity index (χ4v) is 1.97. The van der Waals surface area contributed by atoms with Gasteiger partial charge in [0.1, 0.15) is 6.54 Å². The molecular weight excluding hydrogens is 200 g/mol. The lowest BCUT2D eigenvalue weighted by atomic mass is 10.2. The van der Waals surface area contributed by atoms with E-state index in [-0.39, 0.29) is 5.91 Å². The van der Waals surface area contributed by atoms with E-state index in [0.29, 0.717) is 13.1 Å². The van der Waals surface area contributed by atoms with E-state index in [0.717, 1.165) is 5.52 Å². The van der Waals surface area contributed by atoms with Crippen LogP contribution in [0.15, 0.2) is 30.5 Å². The first kappa shape index (κ1) is 10.7. The number of carbonyl (C=O) groups is 1. The number of fused-ring (bicyclic) bond motifs is 1. The summed E-state index contributed by atoms with van der Waals surface area (Å²) in [5.41, 5.74) is 2.33. The second-order valence-electron chi connectivity index (χ2n) is 3.91. The zero-order chi connectivity index (χ0) is 11.5. The molecule has 84 valence electrons. The summed E-state index contributed by atoms with van der Waals surface area (Å²) in [6.45, 7) is 5.06. The number of aromatic nitrogens is 1. The smallest absolute Gasteiger partial charge is 0.239 e. The molecule has 2 rings (SSSR count). The lowest BCUT2D eigenvalue weighted by Crippen LogP contribution is -2.26. The molecule has 0 saturated carbocycles. The van der Waals surface area contributed by atoms with Gasteiger partial charge in [-0.15, -0.1) is 0 Å². The van der Waals surface area contributed by atoms with Gasteiger partial charge < -0.3 is 9.88 Å². The molecule has 16 heavy (non-hydrogen) atoms. The summed E-state index contributed by atoms with van der Waals surface area (Å²) in [5, 5.41) is 4.02. The van der Waals surface area contributed by atoms with E-state index in [9.17, 15) is 4.79 Å². The third-order valence-electron chi connectivity index (χ3n) is 2.68. The first-order valence-corrected chi connectivity index (χ1v) is 5.53. The van der Waals surface area contributed by atoms with Crippen LogP contribution in [0.1, 0.15) is 12.5 Å². The Morgan fingerprint density at radius 2 is 2.12 bits per heavy atom. The molecule has 2 aromatic rings. The Morgan fingerprint density at radius 3 is 2.88 bits per heavy atom. The fraction of sp³-hybridized carbons (Fsp3) is 0.308. The van der Waals surface area contributed by atoms with Gasteiger partial charge in [-0.2, -0.15) is 0 Å². The first-order chi connectivity index (χ1) is 7.72. The summed E-state index contributed by atoms with van der Waals surface area (Å²) in [6, 6.07) is 8.14. The number of hydrogen-bond acceptors (Lipinski definition) is 1. The monoisotopic (exact) mass is 216 g/mol. The predicted molar refractivity (Wildman–Crippen MR) is 65.4 cm³/mol. The van der Waals surface area contributed by atoms with E-state index in [1.165, 1.54) is 10.9 Å². The largest absolute Gasteiger partial charge is 0.355 e. The molecule has 0 aliphatic heterocycles. The molecule has 1 N–H and O–H groups in total. The van der Waals surface area contributed by atoms with Crippen molar-refractivity contribution in [3.63, 3.8) is 0 Å². The van der Waals surface area contributed by atoms with Crippen molar-refractivity contribution in [1.82, 2.24) is 9.88 Å². The Hall–Kier alpha value is -1.77. The van der Waals surface area contributed by atoms with Crippen molar-refractivity contribution in [3.05, 3.63) is 36.0 Å². The highest BCUT2D eigenvalue weighted by atomic mass is 16.1. The van der Waals surface area contributed by atoms with E-state index in [2.05, 4.69) is 18.3 Å². The molecule has 1 aromatic heterocycles. The molecule has 0 fully saturated rings. The van der Waals surface area contributed by atoms with Crippen molar-refractivity contribution in [3.8, 4) is 0 Å². The normalized spacial score (nSPS) is 10.6. The quantitative estimate of drug-likeness (QED) is 0.837. The molecule has 0 unspecified atom stereocenters. The van der Waals surface area contributed by atoms with Crippen LogP contribution < -0.4 is 5.32 Å². The highest BCUT2D eigenvalue weighted by molar-refractivity contribution is 5.85. The Bertz CT molecular complexity index is 514. The maximum atomic E-state index is 11.5. The van der Waals surface area contributed by atoms with E-state index < -0.39 is 0 Å². The number of benzene rings is 1. The number of aryl methyl sites for hydroxylation is 1. The second-order valence-corrected chi connectivity index (χ2v) is 3.91. The standard InChI is InChI=1S/C13H16N2O/c1-3-14-13(16)9-15-8-10(2)11-6-4-5-7-12(11)15/h4-8H,3,9H2,1-2H3,(H,14,16). The van der Waals surface area contributed by atoms with Crippen LogP contribution in [0, 0.1) is 6.92 Å². The third kappa shape index (κ3) is 1.94. The summed E-state index contributed by atoms with van der Waals surface area (Å²) >= 11 is 0. The van der Waals surface area contributed by atoms with Crippen LogP contribution >= 0.6 is 0 Å². The summed E-state index contributed by atoms with van der Waals surface area (Å²) in [7, 11) is 0. The number of amides is 1. The fourth-order valence-electron chi connectivity index (χ4n) is 1.97. The average Bonchev–Trinajstić information content (AvgIpc) is 2.57. The number of nitrogens with zero attached hydrogens (tertiary/aromatic N) is 1. The molecular formula is C13H16N2O. The van der Waals surface area contributed by atoms with Gasteiger partial charge in [0.25, 0.3) is 0 Å². The van der Waals surface area contributed by atoms with Gasteiger partial charge >= 0.3 is 0 Å². The molecule has 0 aliphatic carbocycles. The molecule has 1 aromatic carbocycles. The molecule has 0 atom stereocenters. The van der Waals surface area contributed by atoms with Crippen LogP contribution in [-0.4, -0.2) is 17.0 Å². The number of carbonyl (C=O) groups excluding carboxylic acids is 1. The maximum Gasteiger partial charge on any atom is 0.239 e. The van der Waals surface area contributed by atoms with Crippen LogP contribution in [0.5, 0.6) is 0 Å². The van der Waals surface area contributed by atoms with Crippen LogP contribution in [0.3, 0.4) is 0 Å². The minimum atomic E-state index is 0.0586. The van der Waals surface area contributed by atoms with Crippen LogP contribution in [0.2, 0.25) is 0 Å². The van der Waals surface area contributed by atoms with E-state index in [1.54, 1.807) is 0 Å². The van der Waals surface area contributed by atoms with Crippen molar-refractivity contribution >= 4 is 16.8 Å². The lowest BCUT2D eigenvalue weighted by molar-refractivity contribution is -0.121. The van der Waals surface area contributed by atoms with Gasteiger partial charge in [0, 0.05) is 23.6 Å².